The molecule has 0 saturated carbocycles. The van der Waals surface area contributed by atoms with Crippen LogP contribution in [0.5, 0.6) is 0 Å². The summed E-state index contributed by atoms with van der Waals surface area (Å²) in [5, 5.41) is 0. The normalized spacial score (nSPS) is 20.0. The van der Waals surface area contributed by atoms with Gasteiger partial charge in [0.15, 0.2) is 6.29 Å². The molecule has 0 spiro atoms. The second-order valence-corrected chi connectivity index (χ2v) is 11.3. The molecule has 2 amide bonds. The lowest BCUT2D eigenvalue weighted by atomic mass is 10.1. The molecule has 9 nitrogen and oxygen atoms in total. The number of amides is 2. The fourth-order valence-electron chi connectivity index (χ4n) is 4.89. The lowest BCUT2D eigenvalue weighted by Crippen LogP contribution is -2.45. The van der Waals surface area contributed by atoms with E-state index in [0.717, 1.165) is 63.7 Å². The van der Waals surface area contributed by atoms with Crippen LogP contribution >= 0.6 is 0 Å². The summed E-state index contributed by atoms with van der Waals surface area (Å²) >= 11 is 0. The van der Waals surface area contributed by atoms with Crippen molar-refractivity contribution >= 4 is 23.9 Å². The Morgan fingerprint density at radius 2 is 1.98 bits per heavy atom. The first-order valence-corrected chi connectivity index (χ1v) is 14.3. The van der Waals surface area contributed by atoms with E-state index in [-0.39, 0.29) is 11.9 Å². The van der Waals surface area contributed by atoms with Crippen LogP contribution < -0.4 is 10.4 Å². The highest BCUT2D eigenvalue weighted by Crippen LogP contribution is 2.25. The summed E-state index contributed by atoms with van der Waals surface area (Å²) in [6, 6.07) is 14.1. The van der Waals surface area contributed by atoms with E-state index in [0.29, 0.717) is 12.4 Å². The van der Waals surface area contributed by atoms with E-state index >= 15 is 0 Å². The Morgan fingerprint density at radius 3 is 2.67 bits per heavy atom. The van der Waals surface area contributed by atoms with Gasteiger partial charge in [0.1, 0.15) is 11.4 Å². The van der Waals surface area contributed by atoms with Crippen LogP contribution in [0.25, 0.3) is 6.08 Å². The molecule has 2 atom stereocenters. The molecule has 1 unspecified atom stereocenters. The Labute approximate surface area is 237 Å². The molecule has 9 heteroatoms. The van der Waals surface area contributed by atoms with Gasteiger partial charge in [0.2, 0.25) is 0 Å². The van der Waals surface area contributed by atoms with Gasteiger partial charge in [-0.25, -0.2) is 20.1 Å². The lowest BCUT2D eigenvalue weighted by Gasteiger charge is -2.31. The summed E-state index contributed by atoms with van der Waals surface area (Å²) in [6.07, 6.45) is 9.61. The third kappa shape index (κ3) is 9.43. The Hall–Kier alpha value is -3.27. The molecule has 1 N–H and O–H groups in total. The molecular formula is C31H42N4O5. The van der Waals surface area contributed by atoms with Gasteiger partial charge in [-0.05, 0) is 88.8 Å². The first-order chi connectivity index (χ1) is 19.3. The number of hydrogen-bond acceptors (Lipinski definition) is 7. The first kappa shape index (κ1) is 29.7. The van der Waals surface area contributed by atoms with Crippen molar-refractivity contribution in [2.75, 3.05) is 31.1 Å². The predicted octanol–water partition coefficient (Wildman–Crippen LogP) is 5.12. The average Bonchev–Trinajstić information content (AvgIpc) is 3.40. The zero-order valence-corrected chi connectivity index (χ0v) is 23.9. The number of benzene rings is 1. The SMILES string of the molecule is CC(C)(C)OC(=O)N(c1ccc(/C=C/C(=O)NOC2CCCCO2)cn1)[C@@H]1CCN(CCCc2ccccc2)C1. The standard InChI is InChI=1S/C31H42N4O5/c1-31(2,3)39-30(37)35(26-18-20-34(23-26)19-9-12-24-10-5-4-6-11-24)27-16-14-25(22-32-27)15-17-28(36)33-40-29-13-7-8-21-38-29/h4-6,10-11,14-17,22,26,29H,7-9,12-13,18-21,23H2,1-3H3,(H,33,36)/b17-15+/t26-,29?/m1/s1. The third-order valence-electron chi connectivity index (χ3n) is 6.86. The molecule has 0 bridgehead atoms. The maximum Gasteiger partial charge on any atom is 0.416 e. The number of hydroxylamine groups is 1. The zero-order chi connectivity index (χ0) is 28.4. The molecular weight excluding hydrogens is 508 g/mol. The molecule has 0 aliphatic carbocycles. The van der Waals surface area contributed by atoms with Crippen molar-refractivity contribution in [2.24, 2.45) is 0 Å². The van der Waals surface area contributed by atoms with E-state index in [9.17, 15) is 9.59 Å². The van der Waals surface area contributed by atoms with Gasteiger partial charge in [-0.1, -0.05) is 30.3 Å². The Morgan fingerprint density at radius 1 is 1.15 bits per heavy atom. The lowest BCUT2D eigenvalue weighted by molar-refractivity contribution is -0.198. The van der Waals surface area contributed by atoms with Crippen LogP contribution in [0.15, 0.2) is 54.7 Å². The average molecular weight is 551 g/mol. The molecule has 2 aliphatic rings. The number of rotatable bonds is 10. The summed E-state index contributed by atoms with van der Waals surface area (Å²) in [6.45, 7) is 8.90. The minimum atomic E-state index is -0.621. The van der Waals surface area contributed by atoms with Crippen molar-refractivity contribution in [3.8, 4) is 0 Å². The summed E-state index contributed by atoms with van der Waals surface area (Å²) in [7, 11) is 0. The van der Waals surface area contributed by atoms with Crippen molar-refractivity contribution in [3.63, 3.8) is 0 Å². The highest BCUT2D eigenvalue weighted by Gasteiger charge is 2.35. The second-order valence-electron chi connectivity index (χ2n) is 11.3. The highest BCUT2D eigenvalue weighted by atomic mass is 16.8. The van der Waals surface area contributed by atoms with E-state index in [4.69, 9.17) is 14.3 Å². The maximum absolute atomic E-state index is 13.3. The molecule has 2 aliphatic heterocycles. The highest BCUT2D eigenvalue weighted by molar-refractivity contribution is 5.91. The van der Waals surface area contributed by atoms with Crippen LogP contribution in [-0.2, 0) is 25.5 Å². The van der Waals surface area contributed by atoms with Gasteiger partial charge < -0.3 is 14.4 Å². The van der Waals surface area contributed by atoms with Crippen LogP contribution in [0.3, 0.4) is 0 Å². The fraction of sp³-hybridized carbons (Fsp3) is 0.516. The summed E-state index contributed by atoms with van der Waals surface area (Å²) in [5.74, 6) is 0.150. The number of carbonyl (C=O) groups excluding carboxylic acids is 2. The number of nitrogens with zero attached hydrogens (tertiary/aromatic N) is 3. The van der Waals surface area contributed by atoms with Gasteiger partial charge in [-0.2, -0.15) is 0 Å². The third-order valence-corrected chi connectivity index (χ3v) is 6.86. The molecule has 216 valence electrons. The topological polar surface area (TPSA) is 93.2 Å². The maximum atomic E-state index is 13.3. The van der Waals surface area contributed by atoms with Crippen LogP contribution in [0.1, 0.15) is 64.0 Å². The molecule has 2 fully saturated rings. The minimum Gasteiger partial charge on any atom is -0.443 e. The quantitative estimate of drug-likeness (QED) is 0.324. The van der Waals surface area contributed by atoms with Crippen molar-refractivity contribution in [3.05, 3.63) is 65.9 Å². The van der Waals surface area contributed by atoms with E-state index < -0.39 is 18.0 Å². The van der Waals surface area contributed by atoms with Crippen molar-refractivity contribution in [2.45, 2.75) is 77.2 Å². The number of aryl methyl sites for hydroxylation is 1. The van der Waals surface area contributed by atoms with Crippen molar-refractivity contribution in [1.82, 2.24) is 15.4 Å². The number of likely N-dealkylation sites (tertiary alicyclic amines) is 1. The molecule has 4 rings (SSSR count). The Bertz CT molecular complexity index is 1110. The van der Waals surface area contributed by atoms with Gasteiger partial charge >= 0.3 is 6.09 Å². The van der Waals surface area contributed by atoms with Gasteiger partial charge in [-0.3, -0.25) is 9.69 Å². The Balaban J connectivity index is 1.35. The summed E-state index contributed by atoms with van der Waals surface area (Å²) in [5.41, 5.74) is 3.86. The minimum absolute atomic E-state index is 0.0367. The predicted molar refractivity (Wildman–Crippen MR) is 154 cm³/mol. The molecule has 2 aromatic rings. The van der Waals surface area contributed by atoms with Crippen LogP contribution in [0.2, 0.25) is 0 Å². The van der Waals surface area contributed by atoms with Gasteiger partial charge in [0.05, 0.1) is 6.04 Å². The molecule has 40 heavy (non-hydrogen) atoms. The monoisotopic (exact) mass is 550 g/mol. The number of hydrogen-bond donors (Lipinski definition) is 1. The number of carbonyl (C=O) groups is 2. The second kappa shape index (κ2) is 14.4. The van der Waals surface area contributed by atoms with Crippen LogP contribution in [-0.4, -0.2) is 66.1 Å². The molecule has 1 aromatic heterocycles. The van der Waals surface area contributed by atoms with Crippen LogP contribution in [0.4, 0.5) is 10.6 Å². The van der Waals surface area contributed by atoms with Crippen LogP contribution in [0, 0.1) is 0 Å². The number of ether oxygens (including phenoxy) is 2. The number of anilines is 1. The molecule has 3 heterocycles. The van der Waals surface area contributed by atoms with Gasteiger partial charge in [-0.15, -0.1) is 0 Å². The van der Waals surface area contributed by atoms with Crippen molar-refractivity contribution < 1.29 is 23.9 Å². The molecule has 0 radical (unpaired) electrons. The van der Waals surface area contributed by atoms with E-state index in [2.05, 4.69) is 39.6 Å². The summed E-state index contributed by atoms with van der Waals surface area (Å²) in [4.78, 5) is 39.4. The smallest absolute Gasteiger partial charge is 0.416 e. The van der Waals surface area contributed by atoms with E-state index in [1.54, 1.807) is 23.2 Å². The zero-order valence-electron chi connectivity index (χ0n) is 23.9. The number of pyridine rings is 1. The Kier molecular flexibility index (Phi) is 10.7. The number of nitrogens with one attached hydrogen (secondary N) is 1. The van der Waals surface area contributed by atoms with E-state index in [1.165, 1.54) is 11.6 Å². The van der Waals surface area contributed by atoms with E-state index in [1.807, 2.05) is 32.9 Å². The van der Waals surface area contributed by atoms with Gasteiger partial charge in [0, 0.05) is 38.4 Å². The molecule has 2 saturated heterocycles. The largest absolute Gasteiger partial charge is 0.443 e. The van der Waals surface area contributed by atoms with Gasteiger partial charge in [0.25, 0.3) is 5.91 Å². The first-order valence-electron chi connectivity index (χ1n) is 14.3. The molecule has 1 aromatic carbocycles. The van der Waals surface area contributed by atoms with Crippen molar-refractivity contribution in [1.29, 1.82) is 0 Å². The number of aromatic nitrogens is 1. The summed E-state index contributed by atoms with van der Waals surface area (Å²) < 4.78 is 11.2. The fourth-order valence-corrected chi connectivity index (χ4v) is 4.89.